The van der Waals surface area contributed by atoms with Gasteiger partial charge in [0, 0.05) is 6.42 Å². The summed E-state index contributed by atoms with van der Waals surface area (Å²) in [5, 5.41) is 12.0. The Kier molecular flexibility index (Phi) is 6.04. The minimum Gasteiger partial charge on any atom is -0.464 e. The molecule has 0 unspecified atom stereocenters. The fourth-order valence-corrected chi connectivity index (χ4v) is 2.22. The van der Waals surface area contributed by atoms with Gasteiger partial charge in [-0.05, 0) is 26.2 Å². The molecule has 1 saturated heterocycles. The molecule has 7 heteroatoms. The first-order chi connectivity index (χ1) is 8.97. The number of aliphatic hydroxyl groups excluding tert-OH is 1. The fraction of sp³-hybridized carbons (Fsp3) is 0.833. The van der Waals surface area contributed by atoms with Crippen molar-refractivity contribution < 1.29 is 28.9 Å². The largest absolute Gasteiger partial charge is 0.464 e. The molecule has 0 aromatic heterocycles. The van der Waals surface area contributed by atoms with E-state index in [-0.39, 0.29) is 25.0 Å². The van der Waals surface area contributed by atoms with Crippen molar-refractivity contribution in [3.63, 3.8) is 0 Å². The standard InChI is InChI=1S/C12H21NO6/c1-4-18-11(15)10(13-12(16)17-3)8-5-7(2)19-9(14)6-8/h7-10,14H,4-6H2,1-3H3,(H,13,16)/t7-,8-,9+,10+/m1/s1. The van der Waals surface area contributed by atoms with Crippen molar-refractivity contribution in [2.24, 2.45) is 5.92 Å². The lowest BCUT2D eigenvalue weighted by Gasteiger charge is -2.34. The van der Waals surface area contributed by atoms with E-state index >= 15 is 0 Å². The second-order valence-corrected chi connectivity index (χ2v) is 4.50. The smallest absolute Gasteiger partial charge is 0.407 e. The van der Waals surface area contributed by atoms with Gasteiger partial charge in [0.25, 0.3) is 0 Å². The van der Waals surface area contributed by atoms with E-state index in [1.165, 1.54) is 7.11 Å². The van der Waals surface area contributed by atoms with Crippen LogP contribution in [0.2, 0.25) is 0 Å². The summed E-state index contributed by atoms with van der Waals surface area (Å²) in [5.74, 6) is -0.781. The van der Waals surface area contributed by atoms with Crippen molar-refractivity contribution in [3.05, 3.63) is 0 Å². The number of carbonyl (C=O) groups is 2. The summed E-state index contributed by atoms with van der Waals surface area (Å²) in [4.78, 5) is 23.2. The molecule has 2 N–H and O–H groups in total. The molecule has 110 valence electrons. The van der Waals surface area contributed by atoms with Gasteiger partial charge in [-0.3, -0.25) is 0 Å². The van der Waals surface area contributed by atoms with Gasteiger partial charge in [-0.25, -0.2) is 9.59 Å². The predicted octanol–water partition coefficient (Wildman–Crippen LogP) is 0.408. The Hall–Kier alpha value is -1.34. The third kappa shape index (κ3) is 4.68. The highest BCUT2D eigenvalue weighted by Gasteiger charge is 2.37. The van der Waals surface area contributed by atoms with Crippen LogP contribution in [-0.2, 0) is 19.0 Å². The normalized spacial score (nSPS) is 28.3. The molecule has 1 aliphatic heterocycles. The van der Waals surface area contributed by atoms with Gasteiger partial charge in [0.1, 0.15) is 6.04 Å². The Morgan fingerprint density at radius 2 is 2.16 bits per heavy atom. The Morgan fingerprint density at radius 1 is 1.47 bits per heavy atom. The van der Waals surface area contributed by atoms with E-state index in [0.717, 1.165) is 0 Å². The number of amides is 1. The summed E-state index contributed by atoms with van der Waals surface area (Å²) in [5.41, 5.74) is 0. The zero-order valence-corrected chi connectivity index (χ0v) is 11.4. The molecule has 0 saturated carbocycles. The Balaban J connectivity index is 2.76. The Morgan fingerprint density at radius 3 is 2.68 bits per heavy atom. The first-order valence-corrected chi connectivity index (χ1v) is 6.32. The molecule has 0 radical (unpaired) electrons. The van der Waals surface area contributed by atoms with Crippen LogP contribution in [0, 0.1) is 5.92 Å². The Bertz CT molecular complexity index is 311. The van der Waals surface area contributed by atoms with Crippen LogP contribution in [0.1, 0.15) is 26.7 Å². The summed E-state index contributed by atoms with van der Waals surface area (Å²) in [7, 11) is 1.22. The number of methoxy groups -OCH3 is 1. The quantitative estimate of drug-likeness (QED) is 0.722. The minimum atomic E-state index is -0.940. The van der Waals surface area contributed by atoms with Crippen molar-refractivity contribution in [2.45, 2.75) is 45.1 Å². The van der Waals surface area contributed by atoms with Gasteiger partial charge in [0.05, 0.1) is 19.8 Å². The maximum atomic E-state index is 11.9. The lowest BCUT2D eigenvalue weighted by molar-refractivity contribution is -0.179. The molecule has 1 amide bonds. The lowest BCUT2D eigenvalue weighted by Crippen LogP contribution is -2.50. The maximum absolute atomic E-state index is 11.9. The number of nitrogens with one attached hydrogen (secondary N) is 1. The van der Waals surface area contributed by atoms with Gasteiger partial charge in [0.15, 0.2) is 6.29 Å². The van der Waals surface area contributed by atoms with E-state index < -0.39 is 24.4 Å². The number of rotatable bonds is 4. The number of aliphatic hydroxyl groups is 1. The molecule has 0 aromatic carbocycles. The van der Waals surface area contributed by atoms with Crippen LogP contribution in [0.3, 0.4) is 0 Å². The van der Waals surface area contributed by atoms with Gasteiger partial charge < -0.3 is 24.6 Å². The summed E-state index contributed by atoms with van der Waals surface area (Å²) in [6.45, 7) is 3.71. The van der Waals surface area contributed by atoms with Crippen LogP contribution in [0.25, 0.3) is 0 Å². The molecule has 1 aliphatic rings. The van der Waals surface area contributed by atoms with E-state index in [4.69, 9.17) is 9.47 Å². The van der Waals surface area contributed by atoms with Gasteiger partial charge in [-0.15, -0.1) is 0 Å². The molecular formula is C12H21NO6. The number of hydrogen-bond acceptors (Lipinski definition) is 6. The van der Waals surface area contributed by atoms with Crippen LogP contribution >= 0.6 is 0 Å². The first-order valence-electron chi connectivity index (χ1n) is 6.32. The first kappa shape index (κ1) is 15.7. The fourth-order valence-electron chi connectivity index (χ4n) is 2.22. The van der Waals surface area contributed by atoms with Crippen molar-refractivity contribution in [2.75, 3.05) is 13.7 Å². The third-order valence-corrected chi connectivity index (χ3v) is 3.00. The highest BCUT2D eigenvalue weighted by atomic mass is 16.6. The van der Waals surface area contributed by atoms with Gasteiger partial charge in [-0.2, -0.15) is 0 Å². The molecule has 0 bridgehead atoms. The maximum Gasteiger partial charge on any atom is 0.407 e. The molecular weight excluding hydrogens is 254 g/mol. The second-order valence-electron chi connectivity index (χ2n) is 4.50. The molecule has 1 fully saturated rings. The third-order valence-electron chi connectivity index (χ3n) is 3.00. The second kappa shape index (κ2) is 7.30. The molecule has 4 atom stereocenters. The van der Waals surface area contributed by atoms with Gasteiger partial charge in [0.2, 0.25) is 0 Å². The number of carbonyl (C=O) groups excluding carboxylic acids is 2. The highest BCUT2D eigenvalue weighted by molar-refractivity contribution is 5.81. The average Bonchev–Trinajstić information content (AvgIpc) is 2.34. The molecule has 1 heterocycles. The van der Waals surface area contributed by atoms with Crippen molar-refractivity contribution in [1.29, 1.82) is 0 Å². The molecule has 1 rings (SSSR count). The van der Waals surface area contributed by atoms with E-state index in [1.807, 2.05) is 0 Å². The highest BCUT2D eigenvalue weighted by Crippen LogP contribution is 2.27. The minimum absolute atomic E-state index is 0.190. The molecule has 7 nitrogen and oxygen atoms in total. The van der Waals surface area contributed by atoms with Crippen LogP contribution in [0.5, 0.6) is 0 Å². The summed E-state index contributed by atoms with van der Waals surface area (Å²) < 4.78 is 14.6. The summed E-state index contributed by atoms with van der Waals surface area (Å²) >= 11 is 0. The van der Waals surface area contributed by atoms with Crippen molar-refractivity contribution in [3.8, 4) is 0 Å². The van der Waals surface area contributed by atoms with Gasteiger partial charge >= 0.3 is 12.1 Å². The van der Waals surface area contributed by atoms with E-state index in [2.05, 4.69) is 10.1 Å². The topological polar surface area (TPSA) is 94.1 Å². The van der Waals surface area contributed by atoms with Crippen LogP contribution in [-0.4, -0.2) is 49.3 Å². The van der Waals surface area contributed by atoms with Crippen LogP contribution in [0.4, 0.5) is 4.79 Å². The van der Waals surface area contributed by atoms with Crippen LogP contribution < -0.4 is 5.32 Å². The Labute approximate surface area is 112 Å². The van der Waals surface area contributed by atoms with E-state index in [1.54, 1.807) is 13.8 Å². The van der Waals surface area contributed by atoms with Gasteiger partial charge in [-0.1, -0.05) is 0 Å². The van der Waals surface area contributed by atoms with Crippen molar-refractivity contribution in [1.82, 2.24) is 5.32 Å². The van der Waals surface area contributed by atoms with Crippen molar-refractivity contribution >= 4 is 12.1 Å². The number of hydrogen-bond donors (Lipinski definition) is 2. The summed E-state index contributed by atoms with van der Waals surface area (Å²) in [6, 6.07) is -0.839. The zero-order chi connectivity index (χ0) is 14.4. The zero-order valence-electron chi connectivity index (χ0n) is 11.4. The summed E-state index contributed by atoms with van der Waals surface area (Å²) in [6.07, 6.45) is -1.02. The lowest BCUT2D eigenvalue weighted by atomic mass is 9.88. The van der Waals surface area contributed by atoms with E-state index in [0.29, 0.717) is 6.42 Å². The van der Waals surface area contributed by atoms with Crippen LogP contribution in [0.15, 0.2) is 0 Å². The predicted molar refractivity (Wildman–Crippen MR) is 65.2 cm³/mol. The molecule has 0 spiro atoms. The molecule has 0 aliphatic carbocycles. The molecule has 0 aromatic rings. The number of alkyl carbamates (subject to hydrolysis) is 1. The SMILES string of the molecule is CCOC(=O)[C@@H](NC(=O)OC)[C@@H]1C[C@@H](C)O[C@H](O)C1. The monoisotopic (exact) mass is 275 g/mol. The number of ether oxygens (including phenoxy) is 3. The molecule has 19 heavy (non-hydrogen) atoms. The van der Waals surface area contributed by atoms with E-state index in [9.17, 15) is 14.7 Å². The number of esters is 1. The average molecular weight is 275 g/mol.